The van der Waals surface area contributed by atoms with Crippen LogP contribution in [0.4, 0.5) is 5.69 Å². The van der Waals surface area contributed by atoms with E-state index in [9.17, 15) is 13.2 Å². The number of nitrogens with one attached hydrogen (secondary N) is 2. The zero-order chi connectivity index (χ0) is 22.3. The summed E-state index contributed by atoms with van der Waals surface area (Å²) >= 11 is 0. The van der Waals surface area contributed by atoms with Crippen LogP contribution >= 0.6 is 0 Å². The molecule has 0 aliphatic rings. The van der Waals surface area contributed by atoms with E-state index < -0.39 is 15.9 Å². The monoisotopic (exact) mass is 438 g/mol. The number of aromatic nitrogens is 1. The number of hydrazone groups is 1. The fourth-order valence-electron chi connectivity index (χ4n) is 2.63. The van der Waals surface area contributed by atoms with Crippen molar-refractivity contribution in [3.05, 3.63) is 84.2 Å². The van der Waals surface area contributed by atoms with E-state index >= 15 is 0 Å². The molecule has 3 aromatic rings. The van der Waals surface area contributed by atoms with E-state index in [1.807, 2.05) is 13.0 Å². The molecule has 2 aromatic carbocycles. The minimum Gasteiger partial charge on any atom is -0.494 e. The Kier molecular flexibility index (Phi) is 6.99. The lowest BCUT2D eigenvalue weighted by atomic mass is 10.2. The number of hydrogen-bond donors (Lipinski definition) is 2. The van der Waals surface area contributed by atoms with E-state index in [-0.39, 0.29) is 4.90 Å². The third kappa shape index (κ3) is 5.89. The van der Waals surface area contributed by atoms with Crippen molar-refractivity contribution in [2.24, 2.45) is 5.10 Å². The van der Waals surface area contributed by atoms with Gasteiger partial charge in [0.25, 0.3) is 15.9 Å². The Morgan fingerprint density at radius 1 is 1.03 bits per heavy atom. The lowest BCUT2D eigenvalue weighted by Gasteiger charge is -2.10. The van der Waals surface area contributed by atoms with Gasteiger partial charge in [-0.3, -0.25) is 14.5 Å². The lowest BCUT2D eigenvalue weighted by molar-refractivity contribution is 0.0955. The van der Waals surface area contributed by atoms with Gasteiger partial charge in [0.05, 0.1) is 17.2 Å². The van der Waals surface area contributed by atoms with E-state index in [2.05, 4.69) is 20.2 Å². The number of carbonyl (C=O) groups is 1. The summed E-state index contributed by atoms with van der Waals surface area (Å²) in [7, 11) is -3.76. The predicted molar refractivity (Wildman–Crippen MR) is 119 cm³/mol. The minimum absolute atomic E-state index is 0.109. The van der Waals surface area contributed by atoms with Gasteiger partial charge in [0.15, 0.2) is 0 Å². The summed E-state index contributed by atoms with van der Waals surface area (Å²) in [5.74, 6) is 0.183. The quantitative estimate of drug-likeness (QED) is 0.414. The first kappa shape index (κ1) is 22.0. The summed E-state index contributed by atoms with van der Waals surface area (Å²) in [5.41, 5.74) is 4.56. The molecule has 0 atom stereocenters. The van der Waals surface area contributed by atoms with Gasteiger partial charge in [0.1, 0.15) is 5.75 Å². The van der Waals surface area contributed by atoms with Crippen LogP contribution in [0.5, 0.6) is 5.75 Å². The zero-order valence-electron chi connectivity index (χ0n) is 17.1. The molecule has 0 unspecified atom stereocenters. The van der Waals surface area contributed by atoms with Gasteiger partial charge in [0.2, 0.25) is 0 Å². The number of hydrogen-bond acceptors (Lipinski definition) is 6. The third-order valence-corrected chi connectivity index (χ3v) is 5.65. The molecule has 1 amide bonds. The van der Waals surface area contributed by atoms with Crippen molar-refractivity contribution >= 4 is 27.3 Å². The fourth-order valence-corrected chi connectivity index (χ4v) is 3.68. The molecule has 0 bridgehead atoms. The van der Waals surface area contributed by atoms with Gasteiger partial charge in [-0.05, 0) is 68.4 Å². The molecule has 0 spiro atoms. The Balaban J connectivity index is 1.64. The molecule has 2 N–H and O–H groups in total. The highest BCUT2D eigenvalue weighted by atomic mass is 32.2. The van der Waals surface area contributed by atoms with E-state index in [1.165, 1.54) is 36.4 Å². The first-order valence-electron chi connectivity index (χ1n) is 9.50. The second-order valence-electron chi connectivity index (χ2n) is 6.47. The van der Waals surface area contributed by atoms with E-state index in [4.69, 9.17) is 4.74 Å². The summed E-state index contributed by atoms with van der Waals surface area (Å²) in [4.78, 5) is 16.4. The number of nitrogens with zero attached hydrogens (tertiary/aromatic N) is 2. The number of amides is 1. The highest BCUT2D eigenvalue weighted by Crippen LogP contribution is 2.19. The normalized spacial score (nSPS) is 11.6. The Labute approximate surface area is 181 Å². The summed E-state index contributed by atoms with van der Waals surface area (Å²) in [6.07, 6.45) is 3.30. The fraction of sp³-hybridized carbons (Fsp3) is 0.136. The van der Waals surface area contributed by atoms with Gasteiger partial charge in [-0.15, -0.1) is 0 Å². The van der Waals surface area contributed by atoms with Crippen molar-refractivity contribution in [2.45, 2.75) is 18.7 Å². The van der Waals surface area contributed by atoms with Gasteiger partial charge in [-0.1, -0.05) is 6.07 Å². The average molecular weight is 439 g/mol. The van der Waals surface area contributed by atoms with Crippen molar-refractivity contribution in [1.82, 2.24) is 10.4 Å². The molecular formula is C22H22N4O4S. The van der Waals surface area contributed by atoms with Crippen LogP contribution in [0.15, 0.2) is 83.1 Å². The first-order chi connectivity index (χ1) is 14.9. The van der Waals surface area contributed by atoms with Gasteiger partial charge in [-0.25, -0.2) is 13.8 Å². The second kappa shape index (κ2) is 9.86. The molecule has 0 saturated carbocycles. The summed E-state index contributed by atoms with van der Waals surface area (Å²) in [6, 6.07) is 15.8. The number of ether oxygens (including phenoxy) is 1. The van der Waals surface area contributed by atoms with E-state index in [0.717, 1.165) is 5.56 Å². The Bertz CT molecular complexity index is 1160. The smallest absolute Gasteiger partial charge is 0.271 e. The number of benzene rings is 2. The molecule has 31 heavy (non-hydrogen) atoms. The first-order valence-corrected chi connectivity index (χ1v) is 11.0. The highest BCUT2D eigenvalue weighted by molar-refractivity contribution is 7.92. The van der Waals surface area contributed by atoms with Crippen LogP contribution in [-0.2, 0) is 10.0 Å². The van der Waals surface area contributed by atoms with Gasteiger partial charge in [-0.2, -0.15) is 5.10 Å². The molecule has 0 radical (unpaired) electrons. The lowest BCUT2D eigenvalue weighted by Crippen LogP contribution is -2.19. The van der Waals surface area contributed by atoms with Gasteiger partial charge in [0, 0.05) is 29.2 Å². The number of carbonyl (C=O) groups excluding carboxylic acids is 1. The molecular weight excluding hydrogens is 416 g/mol. The summed E-state index contributed by atoms with van der Waals surface area (Å²) in [5, 5.41) is 4.07. The van der Waals surface area contributed by atoms with E-state index in [1.54, 1.807) is 37.5 Å². The molecule has 160 valence electrons. The van der Waals surface area contributed by atoms with Crippen LogP contribution in [0, 0.1) is 0 Å². The van der Waals surface area contributed by atoms with E-state index in [0.29, 0.717) is 29.3 Å². The van der Waals surface area contributed by atoms with Crippen molar-refractivity contribution in [1.29, 1.82) is 0 Å². The van der Waals surface area contributed by atoms with Crippen LogP contribution in [-0.4, -0.2) is 31.6 Å². The third-order valence-electron chi connectivity index (χ3n) is 4.25. The molecule has 9 heteroatoms. The largest absolute Gasteiger partial charge is 0.494 e. The SMILES string of the molecule is CCOc1ccc(S(=O)(=O)Nc2ccc(C(=O)N/N=C(\C)c3cccnc3)cc2)cc1. The van der Waals surface area contributed by atoms with Crippen molar-refractivity contribution in [2.75, 3.05) is 11.3 Å². The number of sulfonamides is 1. The topological polar surface area (TPSA) is 110 Å². The molecule has 0 aliphatic heterocycles. The maximum absolute atomic E-state index is 12.5. The van der Waals surface area contributed by atoms with Crippen LogP contribution in [0.25, 0.3) is 0 Å². The van der Waals surface area contributed by atoms with Crippen molar-refractivity contribution in [3.8, 4) is 5.75 Å². The minimum atomic E-state index is -3.76. The molecule has 0 saturated heterocycles. The van der Waals surface area contributed by atoms with Crippen molar-refractivity contribution < 1.29 is 17.9 Å². The van der Waals surface area contributed by atoms with Crippen molar-refractivity contribution in [3.63, 3.8) is 0 Å². The Hall–Kier alpha value is -3.72. The summed E-state index contributed by atoms with van der Waals surface area (Å²) in [6.45, 7) is 4.11. The van der Waals surface area contributed by atoms with Gasteiger partial charge < -0.3 is 4.74 Å². The summed E-state index contributed by atoms with van der Waals surface area (Å²) < 4.78 is 32.9. The van der Waals surface area contributed by atoms with Crippen LogP contribution in [0.2, 0.25) is 0 Å². The average Bonchev–Trinajstić information content (AvgIpc) is 2.78. The zero-order valence-corrected chi connectivity index (χ0v) is 17.9. The standard InChI is InChI=1S/C22H22N4O4S/c1-3-30-20-10-12-21(13-11-20)31(28,29)26-19-8-6-17(7-9-19)22(27)25-24-16(2)18-5-4-14-23-15-18/h4-15,26H,3H2,1-2H3,(H,25,27)/b24-16+. The van der Waals surface area contributed by atoms with Crippen LogP contribution in [0.1, 0.15) is 29.8 Å². The number of pyridine rings is 1. The maximum Gasteiger partial charge on any atom is 0.271 e. The Morgan fingerprint density at radius 2 is 1.74 bits per heavy atom. The number of anilines is 1. The molecule has 1 aromatic heterocycles. The predicted octanol–water partition coefficient (Wildman–Crippen LogP) is 3.44. The van der Waals surface area contributed by atoms with Crippen LogP contribution < -0.4 is 14.9 Å². The Morgan fingerprint density at radius 3 is 2.35 bits per heavy atom. The van der Waals surface area contributed by atoms with Gasteiger partial charge >= 0.3 is 0 Å². The molecule has 3 rings (SSSR count). The highest BCUT2D eigenvalue weighted by Gasteiger charge is 2.15. The second-order valence-corrected chi connectivity index (χ2v) is 8.15. The molecule has 8 nitrogen and oxygen atoms in total. The number of rotatable bonds is 8. The molecule has 0 aliphatic carbocycles. The van der Waals surface area contributed by atoms with Crippen LogP contribution in [0.3, 0.4) is 0 Å². The molecule has 1 heterocycles. The molecule has 0 fully saturated rings. The maximum atomic E-state index is 12.5.